The topological polar surface area (TPSA) is 124 Å². The minimum atomic E-state index is -0.717. The molecule has 5 aromatic rings. The van der Waals surface area contributed by atoms with E-state index < -0.39 is 11.4 Å². The molecule has 1 aromatic carbocycles. The highest BCUT2D eigenvalue weighted by molar-refractivity contribution is 5.87. The molecule has 0 saturated carbocycles. The first-order valence-electron chi connectivity index (χ1n) is 10.6. The zero-order chi connectivity index (χ0) is 23.2. The van der Waals surface area contributed by atoms with Gasteiger partial charge in [-0.25, -0.2) is 9.37 Å². The molecule has 4 aromatic heterocycles. The first-order valence-corrected chi connectivity index (χ1v) is 10.6. The molecule has 0 N–H and O–H groups in total. The Morgan fingerprint density at radius 2 is 2.12 bits per heavy atom. The van der Waals surface area contributed by atoms with Crippen LogP contribution in [0.5, 0.6) is 0 Å². The van der Waals surface area contributed by atoms with Crippen LogP contribution in [0, 0.1) is 17.1 Å². The van der Waals surface area contributed by atoms with Gasteiger partial charge in [0.15, 0.2) is 0 Å². The van der Waals surface area contributed by atoms with Crippen molar-refractivity contribution in [3.8, 4) is 17.6 Å². The lowest BCUT2D eigenvalue weighted by Gasteiger charge is -2.14. The fraction of sp³-hybridized carbons (Fsp3) is 0.217. The summed E-state index contributed by atoms with van der Waals surface area (Å²) in [4.78, 5) is 26.9. The number of hydrogen-bond donors (Lipinski definition) is 0. The number of aromatic nitrogens is 6. The largest absolute Gasteiger partial charge is 0.381 e. The Balaban J connectivity index is 1.62. The van der Waals surface area contributed by atoms with Crippen LogP contribution in [0.15, 0.2) is 52.2 Å². The highest BCUT2D eigenvalue weighted by Gasteiger charge is 2.27. The van der Waals surface area contributed by atoms with Gasteiger partial charge in [0, 0.05) is 12.8 Å². The van der Waals surface area contributed by atoms with Crippen LogP contribution in [-0.2, 0) is 11.3 Å². The van der Waals surface area contributed by atoms with Crippen LogP contribution in [0.2, 0.25) is 0 Å². The number of nitriles is 1. The fourth-order valence-corrected chi connectivity index (χ4v) is 4.29. The number of pyridine rings is 1. The van der Waals surface area contributed by atoms with Crippen molar-refractivity contribution in [2.24, 2.45) is 0 Å². The maximum Gasteiger partial charge on any atom is 0.278 e. The van der Waals surface area contributed by atoms with E-state index in [1.54, 1.807) is 24.4 Å². The van der Waals surface area contributed by atoms with Crippen LogP contribution in [0.3, 0.4) is 0 Å². The summed E-state index contributed by atoms with van der Waals surface area (Å²) in [5, 5.41) is 13.7. The minimum absolute atomic E-state index is 0.00191. The average molecular weight is 457 g/mol. The smallest absolute Gasteiger partial charge is 0.278 e. The molecule has 0 bridgehead atoms. The first kappa shape index (κ1) is 20.2. The Kier molecular flexibility index (Phi) is 4.67. The second kappa shape index (κ2) is 7.86. The van der Waals surface area contributed by atoms with Crippen molar-refractivity contribution in [2.45, 2.75) is 18.9 Å². The van der Waals surface area contributed by atoms with Gasteiger partial charge in [0.05, 0.1) is 35.8 Å². The zero-order valence-electron chi connectivity index (χ0n) is 17.7. The fourth-order valence-electron chi connectivity index (χ4n) is 4.29. The molecular formula is C23H16FN7O3. The number of nitrogens with zero attached hydrogens (tertiary/aromatic N) is 7. The predicted octanol–water partition coefficient (Wildman–Crippen LogP) is 2.66. The third-order valence-corrected chi connectivity index (χ3v) is 5.94. The molecule has 1 unspecified atom stereocenters. The average Bonchev–Trinajstić information content (AvgIpc) is 3.62. The van der Waals surface area contributed by atoms with Gasteiger partial charge in [0.25, 0.3) is 5.56 Å². The SMILES string of the molecule is N#Cc1c(F)ccc2c1n(Cc1ccccn1)c(=O)c1c(-c3noc(C4CCOC4)n3)ncn12. The second-order valence-electron chi connectivity index (χ2n) is 7.94. The second-order valence-corrected chi connectivity index (χ2v) is 7.94. The number of hydrogen-bond acceptors (Lipinski definition) is 8. The molecule has 6 rings (SSSR count). The lowest BCUT2D eigenvalue weighted by Crippen LogP contribution is -2.25. The van der Waals surface area contributed by atoms with E-state index in [1.807, 2.05) is 6.07 Å². The molecule has 168 valence electrons. The molecule has 1 fully saturated rings. The third-order valence-electron chi connectivity index (χ3n) is 5.94. The maximum atomic E-state index is 14.6. The summed E-state index contributed by atoms with van der Waals surface area (Å²) in [7, 11) is 0. The van der Waals surface area contributed by atoms with Crippen LogP contribution >= 0.6 is 0 Å². The zero-order valence-corrected chi connectivity index (χ0v) is 17.7. The summed E-state index contributed by atoms with van der Waals surface area (Å²) >= 11 is 0. The third kappa shape index (κ3) is 3.07. The van der Waals surface area contributed by atoms with Gasteiger partial charge in [0.1, 0.15) is 35.0 Å². The van der Waals surface area contributed by atoms with E-state index in [9.17, 15) is 14.4 Å². The quantitative estimate of drug-likeness (QED) is 0.403. The van der Waals surface area contributed by atoms with Crippen molar-refractivity contribution in [1.29, 1.82) is 5.26 Å². The van der Waals surface area contributed by atoms with Crippen LogP contribution in [-0.4, -0.2) is 42.3 Å². The van der Waals surface area contributed by atoms with Gasteiger partial charge < -0.3 is 9.26 Å². The Morgan fingerprint density at radius 1 is 1.21 bits per heavy atom. The van der Waals surface area contributed by atoms with Gasteiger partial charge in [-0.15, -0.1) is 0 Å². The predicted molar refractivity (Wildman–Crippen MR) is 116 cm³/mol. The Hall–Kier alpha value is -4.43. The highest BCUT2D eigenvalue weighted by Crippen LogP contribution is 2.28. The van der Waals surface area contributed by atoms with E-state index in [1.165, 1.54) is 27.4 Å². The summed E-state index contributed by atoms with van der Waals surface area (Å²) < 4.78 is 28.2. The number of ether oxygens (including phenoxy) is 1. The van der Waals surface area contributed by atoms with Gasteiger partial charge in [-0.2, -0.15) is 10.2 Å². The van der Waals surface area contributed by atoms with Crippen molar-refractivity contribution >= 4 is 16.6 Å². The summed E-state index contributed by atoms with van der Waals surface area (Å²) in [6.07, 6.45) is 3.81. The van der Waals surface area contributed by atoms with E-state index in [2.05, 4.69) is 20.1 Å². The molecule has 0 aliphatic carbocycles. The molecule has 1 saturated heterocycles. The molecule has 0 amide bonds. The van der Waals surface area contributed by atoms with Crippen LogP contribution in [0.4, 0.5) is 4.39 Å². The van der Waals surface area contributed by atoms with Gasteiger partial charge in [-0.05, 0) is 30.7 Å². The Labute approximate surface area is 190 Å². The van der Waals surface area contributed by atoms with E-state index in [0.717, 1.165) is 6.42 Å². The van der Waals surface area contributed by atoms with E-state index in [4.69, 9.17) is 9.26 Å². The van der Waals surface area contributed by atoms with E-state index >= 15 is 0 Å². The lowest BCUT2D eigenvalue weighted by molar-refractivity contribution is 0.189. The molecule has 1 aliphatic heterocycles. The highest BCUT2D eigenvalue weighted by atomic mass is 19.1. The van der Waals surface area contributed by atoms with Crippen molar-refractivity contribution in [1.82, 2.24) is 29.1 Å². The molecule has 1 atom stereocenters. The number of fused-ring (bicyclic) bond motifs is 3. The van der Waals surface area contributed by atoms with E-state index in [-0.39, 0.29) is 40.6 Å². The first-order chi connectivity index (χ1) is 16.7. The van der Waals surface area contributed by atoms with Gasteiger partial charge in [-0.1, -0.05) is 11.2 Å². The Morgan fingerprint density at radius 3 is 2.88 bits per heavy atom. The van der Waals surface area contributed by atoms with Gasteiger partial charge >= 0.3 is 0 Å². The summed E-state index contributed by atoms with van der Waals surface area (Å²) in [6, 6.07) is 9.89. The lowest BCUT2D eigenvalue weighted by atomic mass is 10.1. The standard InChI is InChI=1S/C23H16FN7O3/c24-16-4-5-17-19(15(16)9-25)30(10-14-3-1-2-7-26-14)23(32)20-18(27-12-31(17)20)21-28-22(34-29-21)13-6-8-33-11-13/h1-5,7,12-13H,6,8,10-11H2. The maximum absolute atomic E-state index is 14.6. The molecular weight excluding hydrogens is 441 g/mol. The summed E-state index contributed by atoms with van der Waals surface area (Å²) in [5.41, 5.74) is 0.885. The van der Waals surface area contributed by atoms with Crippen molar-refractivity contribution in [2.75, 3.05) is 13.2 Å². The molecule has 1 aliphatic rings. The molecule has 10 nitrogen and oxygen atoms in total. The van der Waals surface area contributed by atoms with Crippen molar-refractivity contribution < 1.29 is 13.7 Å². The summed E-state index contributed by atoms with van der Waals surface area (Å²) in [6.45, 7) is 1.15. The van der Waals surface area contributed by atoms with Crippen LogP contribution in [0.1, 0.15) is 29.5 Å². The number of halogens is 1. The molecule has 34 heavy (non-hydrogen) atoms. The molecule has 0 radical (unpaired) electrons. The number of imidazole rings is 1. The Bertz CT molecular complexity index is 1640. The minimum Gasteiger partial charge on any atom is -0.381 e. The van der Waals surface area contributed by atoms with E-state index in [0.29, 0.717) is 30.3 Å². The summed E-state index contributed by atoms with van der Waals surface area (Å²) in [5.74, 6) is -0.117. The van der Waals surface area contributed by atoms with Crippen molar-refractivity contribution in [3.63, 3.8) is 0 Å². The molecule has 0 spiro atoms. The van der Waals surface area contributed by atoms with Crippen LogP contribution in [0.25, 0.3) is 28.1 Å². The molecule has 5 heterocycles. The normalized spacial score (nSPS) is 15.8. The molecule has 11 heteroatoms. The van der Waals surface area contributed by atoms with Gasteiger partial charge in [0.2, 0.25) is 11.7 Å². The van der Waals surface area contributed by atoms with Crippen molar-refractivity contribution in [3.05, 3.63) is 76.2 Å². The van der Waals surface area contributed by atoms with Gasteiger partial charge in [-0.3, -0.25) is 18.7 Å². The number of benzene rings is 1. The monoisotopic (exact) mass is 457 g/mol. The number of rotatable bonds is 4. The van der Waals surface area contributed by atoms with Crippen LogP contribution < -0.4 is 5.56 Å².